The molecule has 0 spiro atoms. The van der Waals surface area contributed by atoms with Gasteiger partial charge in [-0.15, -0.1) is 0 Å². The highest BCUT2D eigenvalue weighted by atomic mass is 19.1. The van der Waals surface area contributed by atoms with Crippen LogP contribution >= 0.6 is 0 Å². The Kier molecular flexibility index (Phi) is 5.21. The van der Waals surface area contributed by atoms with E-state index in [9.17, 15) is 9.50 Å². The first-order valence-electron chi connectivity index (χ1n) is 7.93. The maximum Gasteiger partial charge on any atom is 0.123 e. The Morgan fingerprint density at radius 1 is 1.29 bits per heavy atom. The van der Waals surface area contributed by atoms with Crippen LogP contribution in [0.1, 0.15) is 28.9 Å². The van der Waals surface area contributed by atoms with Crippen LogP contribution in [0.3, 0.4) is 0 Å². The number of hydrogen-bond donors (Lipinski definition) is 1. The first-order valence-corrected chi connectivity index (χ1v) is 7.93. The Morgan fingerprint density at radius 2 is 2.08 bits per heavy atom. The molecule has 2 unspecified atom stereocenters. The van der Waals surface area contributed by atoms with Gasteiger partial charge in [0.1, 0.15) is 5.82 Å². The molecule has 5 heteroatoms. The van der Waals surface area contributed by atoms with Crippen LogP contribution in [0.5, 0.6) is 0 Å². The molecule has 1 saturated heterocycles. The minimum atomic E-state index is -0.635. The molecule has 0 aliphatic carbocycles. The van der Waals surface area contributed by atoms with Crippen LogP contribution < -0.4 is 0 Å². The van der Waals surface area contributed by atoms with E-state index in [-0.39, 0.29) is 11.9 Å². The summed E-state index contributed by atoms with van der Waals surface area (Å²) in [5.74, 6) is -0.272. The lowest BCUT2D eigenvalue weighted by Gasteiger charge is -2.34. The third-order valence-corrected chi connectivity index (χ3v) is 4.23. The van der Waals surface area contributed by atoms with Crippen molar-refractivity contribution in [1.29, 1.82) is 5.26 Å². The number of nitriles is 1. The molecule has 0 bridgehead atoms. The molecule has 1 heterocycles. The Morgan fingerprint density at radius 3 is 2.79 bits per heavy atom. The van der Waals surface area contributed by atoms with Crippen molar-refractivity contribution in [3.63, 3.8) is 0 Å². The summed E-state index contributed by atoms with van der Waals surface area (Å²) in [6, 6.07) is 15.5. The highest BCUT2D eigenvalue weighted by molar-refractivity contribution is 5.32. The molecule has 4 nitrogen and oxygen atoms in total. The predicted octanol–water partition coefficient (Wildman–Crippen LogP) is 2.80. The van der Waals surface area contributed by atoms with Crippen LogP contribution in [0.4, 0.5) is 4.39 Å². The molecule has 1 fully saturated rings. The zero-order chi connectivity index (χ0) is 16.9. The average molecular weight is 326 g/mol. The lowest BCUT2D eigenvalue weighted by Crippen LogP contribution is -2.40. The molecule has 0 amide bonds. The summed E-state index contributed by atoms with van der Waals surface area (Å²) in [6.07, 6.45) is -0.827. The van der Waals surface area contributed by atoms with Crippen molar-refractivity contribution in [3.8, 4) is 6.07 Å². The topological polar surface area (TPSA) is 56.5 Å². The van der Waals surface area contributed by atoms with E-state index in [0.29, 0.717) is 25.3 Å². The van der Waals surface area contributed by atoms with Crippen molar-refractivity contribution in [3.05, 3.63) is 71.0 Å². The second kappa shape index (κ2) is 7.54. The first kappa shape index (κ1) is 16.6. The number of rotatable bonds is 4. The zero-order valence-corrected chi connectivity index (χ0v) is 13.2. The summed E-state index contributed by atoms with van der Waals surface area (Å²) in [7, 11) is 0. The smallest absolute Gasteiger partial charge is 0.123 e. The van der Waals surface area contributed by atoms with Crippen LogP contribution in [-0.4, -0.2) is 36.2 Å². The zero-order valence-electron chi connectivity index (χ0n) is 13.2. The van der Waals surface area contributed by atoms with E-state index in [1.165, 1.54) is 12.1 Å². The Balaban J connectivity index is 1.63. The minimum Gasteiger partial charge on any atom is -0.387 e. The molecule has 2 aromatic carbocycles. The highest BCUT2D eigenvalue weighted by Crippen LogP contribution is 2.24. The Bertz CT molecular complexity index is 727. The van der Waals surface area contributed by atoms with Gasteiger partial charge in [-0.05, 0) is 35.4 Å². The minimum absolute atomic E-state index is 0.192. The molecule has 124 valence electrons. The van der Waals surface area contributed by atoms with Gasteiger partial charge in [0.25, 0.3) is 0 Å². The van der Waals surface area contributed by atoms with Gasteiger partial charge >= 0.3 is 0 Å². The lowest BCUT2D eigenvalue weighted by atomic mass is 10.0. The van der Waals surface area contributed by atoms with Crippen LogP contribution in [0.25, 0.3) is 0 Å². The molecule has 24 heavy (non-hydrogen) atoms. The lowest BCUT2D eigenvalue weighted by molar-refractivity contribution is -0.0425. The van der Waals surface area contributed by atoms with Crippen LogP contribution in [-0.2, 0) is 4.74 Å². The molecular weight excluding hydrogens is 307 g/mol. The fourth-order valence-electron chi connectivity index (χ4n) is 2.91. The average Bonchev–Trinajstić information content (AvgIpc) is 2.62. The van der Waals surface area contributed by atoms with E-state index in [1.54, 1.807) is 30.3 Å². The monoisotopic (exact) mass is 326 g/mol. The number of hydrogen-bond acceptors (Lipinski definition) is 4. The molecule has 0 radical (unpaired) electrons. The molecule has 2 aromatic rings. The fraction of sp³-hybridized carbons (Fsp3) is 0.316. The summed E-state index contributed by atoms with van der Waals surface area (Å²) >= 11 is 0. The SMILES string of the molecule is N#Cc1ccc(C(O)CN2CCOC(c3cccc(F)c3)C2)cc1. The van der Waals surface area contributed by atoms with Crippen molar-refractivity contribution in [2.24, 2.45) is 0 Å². The number of nitrogens with zero attached hydrogens (tertiary/aromatic N) is 2. The van der Waals surface area contributed by atoms with E-state index in [0.717, 1.165) is 17.7 Å². The normalized spacial score (nSPS) is 19.6. The summed E-state index contributed by atoms with van der Waals surface area (Å²) in [5.41, 5.74) is 2.17. The maximum absolute atomic E-state index is 13.4. The van der Waals surface area contributed by atoms with Gasteiger partial charge in [-0.25, -0.2) is 4.39 Å². The summed E-state index contributed by atoms with van der Waals surface area (Å²) in [6.45, 7) is 2.35. The summed E-state index contributed by atoms with van der Waals surface area (Å²) < 4.78 is 19.1. The second-order valence-corrected chi connectivity index (χ2v) is 5.92. The van der Waals surface area contributed by atoms with E-state index in [2.05, 4.69) is 11.0 Å². The Hall–Kier alpha value is -2.26. The largest absolute Gasteiger partial charge is 0.387 e. The third-order valence-electron chi connectivity index (χ3n) is 4.23. The van der Waals surface area contributed by atoms with E-state index >= 15 is 0 Å². The molecule has 3 rings (SSSR count). The Labute approximate surface area is 140 Å². The highest BCUT2D eigenvalue weighted by Gasteiger charge is 2.24. The molecule has 1 aliphatic rings. The van der Waals surface area contributed by atoms with Crippen molar-refractivity contribution in [2.45, 2.75) is 12.2 Å². The standard InChI is InChI=1S/C19H19FN2O2/c20-17-3-1-2-16(10-17)19-13-22(8-9-24-19)12-18(23)15-6-4-14(11-21)5-7-15/h1-7,10,18-19,23H,8-9,12-13H2. The van der Waals surface area contributed by atoms with E-state index in [1.807, 2.05) is 6.07 Å². The van der Waals surface area contributed by atoms with Crippen LogP contribution in [0.2, 0.25) is 0 Å². The number of benzene rings is 2. The van der Waals surface area contributed by atoms with Gasteiger partial charge in [-0.2, -0.15) is 5.26 Å². The van der Waals surface area contributed by atoms with Gasteiger partial charge in [0, 0.05) is 19.6 Å². The molecule has 1 N–H and O–H groups in total. The van der Waals surface area contributed by atoms with Crippen molar-refractivity contribution in [1.82, 2.24) is 4.90 Å². The summed E-state index contributed by atoms with van der Waals surface area (Å²) in [5, 5.41) is 19.2. The van der Waals surface area contributed by atoms with Crippen LogP contribution in [0, 0.1) is 17.1 Å². The quantitative estimate of drug-likeness (QED) is 0.939. The number of halogens is 1. The predicted molar refractivity (Wildman–Crippen MR) is 87.6 cm³/mol. The fourth-order valence-corrected chi connectivity index (χ4v) is 2.91. The second-order valence-electron chi connectivity index (χ2n) is 5.92. The molecule has 0 saturated carbocycles. The van der Waals surface area contributed by atoms with Gasteiger partial charge < -0.3 is 9.84 Å². The number of β-amino-alcohol motifs (C(OH)–C–C–N with tert-alkyl or cyclic N) is 1. The van der Waals surface area contributed by atoms with Gasteiger partial charge in [0.15, 0.2) is 0 Å². The van der Waals surface area contributed by atoms with E-state index in [4.69, 9.17) is 10.00 Å². The maximum atomic E-state index is 13.4. The number of morpholine rings is 1. The summed E-state index contributed by atoms with van der Waals surface area (Å²) in [4.78, 5) is 2.11. The van der Waals surface area contributed by atoms with Crippen LogP contribution in [0.15, 0.2) is 48.5 Å². The number of aliphatic hydroxyl groups excluding tert-OH is 1. The van der Waals surface area contributed by atoms with E-state index < -0.39 is 6.10 Å². The van der Waals surface area contributed by atoms with Crippen molar-refractivity contribution in [2.75, 3.05) is 26.2 Å². The van der Waals surface area contributed by atoms with Gasteiger partial charge in [0.05, 0.1) is 30.4 Å². The molecule has 2 atom stereocenters. The third kappa shape index (κ3) is 3.98. The number of ether oxygens (including phenoxy) is 1. The molecular formula is C19H19FN2O2. The first-order chi connectivity index (χ1) is 11.7. The van der Waals surface area contributed by atoms with Gasteiger partial charge in [0.2, 0.25) is 0 Å². The van der Waals surface area contributed by atoms with Gasteiger partial charge in [-0.3, -0.25) is 4.90 Å². The van der Waals surface area contributed by atoms with Gasteiger partial charge in [-0.1, -0.05) is 24.3 Å². The molecule has 1 aliphatic heterocycles. The molecule has 0 aromatic heterocycles. The van der Waals surface area contributed by atoms with Crippen molar-refractivity contribution >= 4 is 0 Å². The number of aliphatic hydroxyl groups is 1. The van der Waals surface area contributed by atoms with Crippen molar-refractivity contribution < 1.29 is 14.2 Å².